The first-order chi connectivity index (χ1) is 4.97. The Morgan fingerprint density at radius 1 is 1.30 bits per heavy atom. The van der Waals surface area contributed by atoms with Gasteiger partial charge in [-0.3, -0.25) is 4.99 Å². The van der Waals surface area contributed by atoms with E-state index < -0.39 is 0 Å². The van der Waals surface area contributed by atoms with Gasteiger partial charge in [0.2, 0.25) is 0 Å². The Balaban J connectivity index is 2.47. The first-order valence-electron chi connectivity index (χ1n) is 3.20. The van der Waals surface area contributed by atoms with Crippen LogP contribution in [0.25, 0.3) is 0 Å². The van der Waals surface area contributed by atoms with E-state index in [1.807, 2.05) is 5.55 Å². The molecule has 0 bridgehead atoms. The van der Waals surface area contributed by atoms with Gasteiger partial charge in [-0.05, 0) is 11.6 Å². The Morgan fingerprint density at radius 2 is 2.20 bits per heavy atom. The molecule has 1 aromatic carbocycles. The molecule has 1 aliphatic rings. The zero-order valence-electron chi connectivity index (χ0n) is 5.45. The molecule has 0 aromatic heterocycles. The number of fused-ring (bicyclic) bond motifs is 1. The van der Waals surface area contributed by atoms with E-state index in [4.69, 9.17) is 0 Å². The smallest absolute Gasteiger partial charge is 0.0657 e. The van der Waals surface area contributed by atoms with E-state index in [1.165, 1.54) is 10.5 Å². The number of hydrogen-bond donors (Lipinski definition) is 0. The molecule has 2 rings (SSSR count). The van der Waals surface area contributed by atoms with Gasteiger partial charge in [-0.25, -0.2) is 0 Å². The molecule has 50 valence electrons. The van der Waals surface area contributed by atoms with E-state index in [9.17, 15) is 0 Å². The molecular weight excluding hydrogens is 142 g/mol. The van der Waals surface area contributed by atoms with Crippen molar-refractivity contribution in [3.63, 3.8) is 0 Å². The summed E-state index contributed by atoms with van der Waals surface area (Å²) in [5.41, 5.74) is 3.25. The van der Waals surface area contributed by atoms with Crippen molar-refractivity contribution in [2.24, 2.45) is 4.99 Å². The van der Waals surface area contributed by atoms with Gasteiger partial charge in [0, 0.05) is 4.90 Å². The first kappa shape index (κ1) is 5.98. The van der Waals surface area contributed by atoms with Crippen LogP contribution >= 0.6 is 11.8 Å². The number of hydrogen-bond acceptors (Lipinski definition) is 2. The third-order valence-electron chi connectivity index (χ3n) is 1.49. The van der Waals surface area contributed by atoms with E-state index in [1.54, 1.807) is 11.8 Å². The van der Waals surface area contributed by atoms with Gasteiger partial charge in [0.05, 0.1) is 12.1 Å². The van der Waals surface area contributed by atoms with Gasteiger partial charge in [0.15, 0.2) is 0 Å². The molecule has 1 nitrogen and oxygen atoms in total. The maximum absolute atomic E-state index is 4.16. The van der Waals surface area contributed by atoms with Gasteiger partial charge in [-0.15, -0.1) is 0 Å². The van der Waals surface area contributed by atoms with Crippen LogP contribution in [0.3, 0.4) is 0 Å². The number of aliphatic imine (C=N–C) groups is 1. The fourth-order valence-electron chi connectivity index (χ4n) is 0.979. The molecule has 0 radical (unpaired) electrons. The van der Waals surface area contributed by atoms with Gasteiger partial charge >= 0.3 is 0 Å². The second-order valence-corrected chi connectivity index (χ2v) is 3.06. The quantitative estimate of drug-likeness (QED) is 0.551. The molecule has 1 heterocycles. The Bertz CT molecular complexity index is 241. The van der Waals surface area contributed by atoms with Crippen LogP contribution in [-0.2, 0) is 6.54 Å². The molecule has 0 unspecified atom stereocenters. The minimum atomic E-state index is 0.850. The summed E-state index contributed by atoms with van der Waals surface area (Å²) in [5, 5.41) is 0. The van der Waals surface area contributed by atoms with Crippen LogP contribution in [0.5, 0.6) is 0 Å². The summed E-state index contributed by atoms with van der Waals surface area (Å²) in [7, 11) is 0. The standard InChI is InChI=1S/C8H7NS/c1-2-4-8-7(3-1)5-9-6-10-8/h1-4,6H,5H2. The number of nitrogens with zero attached hydrogens (tertiary/aromatic N) is 1. The van der Waals surface area contributed by atoms with E-state index in [0.717, 1.165) is 6.54 Å². The van der Waals surface area contributed by atoms with Gasteiger partial charge < -0.3 is 0 Å². The summed E-state index contributed by atoms with van der Waals surface area (Å²) in [5.74, 6) is 0. The molecule has 0 aliphatic carbocycles. The maximum atomic E-state index is 4.16. The van der Waals surface area contributed by atoms with Gasteiger partial charge in [-0.2, -0.15) is 0 Å². The first-order valence-corrected chi connectivity index (χ1v) is 4.07. The van der Waals surface area contributed by atoms with E-state index in [-0.39, 0.29) is 0 Å². The van der Waals surface area contributed by atoms with Crippen LogP contribution in [-0.4, -0.2) is 5.55 Å². The van der Waals surface area contributed by atoms with Crippen LogP contribution in [0.2, 0.25) is 0 Å². The molecule has 0 atom stereocenters. The summed E-state index contributed by atoms with van der Waals surface area (Å²) < 4.78 is 0. The predicted octanol–water partition coefficient (Wildman–Crippen LogP) is 2.32. The average Bonchev–Trinajstić information content (AvgIpc) is 2.05. The second-order valence-electron chi connectivity index (χ2n) is 2.17. The number of rotatable bonds is 0. The monoisotopic (exact) mass is 149 g/mol. The molecule has 1 aromatic rings. The minimum absolute atomic E-state index is 0.850. The third kappa shape index (κ3) is 0.948. The lowest BCUT2D eigenvalue weighted by molar-refractivity contribution is 1.03. The molecule has 0 spiro atoms. The molecule has 0 saturated heterocycles. The van der Waals surface area contributed by atoms with Crippen LogP contribution < -0.4 is 0 Å². The lowest BCUT2D eigenvalue weighted by atomic mass is 10.2. The van der Waals surface area contributed by atoms with E-state index in [0.29, 0.717) is 0 Å². The van der Waals surface area contributed by atoms with Crippen molar-refractivity contribution in [3.8, 4) is 0 Å². The van der Waals surface area contributed by atoms with Crippen molar-refractivity contribution in [1.82, 2.24) is 0 Å². The van der Waals surface area contributed by atoms with Gasteiger partial charge in [0.1, 0.15) is 0 Å². The summed E-state index contributed by atoms with van der Waals surface area (Å²) in [4.78, 5) is 5.50. The highest BCUT2D eigenvalue weighted by molar-refractivity contribution is 8.12. The summed E-state index contributed by atoms with van der Waals surface area (Å²) in [6, 6.07) is 8.37. The normalized spacial score (nSPS) is 14.8. The van der Waals surface area contributed by atoms with Gasteiger partial charge in [-0.1, -0.05) is 30.0 Å². The highest BCUT2D eigenvalue weighted by atomic mass is 32.2. The zero-order valence-corrected chi connectivity index (χ0v) is 6.27. The van der Waals surface area contributed by atoms with Crippen molar-refractivity contribution < 1.29 is 0 Å². The zero-order chi connectivity index (χ0) is 6.81. The minimum Gasteiger partial charge on any atom is -0.281 e. The number of thioether (sulfide) groups is 1. The molecule has 10 heavy (non-hydrogen) atoms. The third-order valence-corrected chi connectivity index (χ3v) is 2.40. The SMILES string of the molecule is C1=NCc2ccccc2S1. The van der Waals surface area contributed by atoms with Crippen molar-refractivity contribution in [1.29, 1.82) is 0 Å². The van der Waals surface area contributed by atoms with E-state index >= 15 is 0 Å². The van der Waals surface area contributed by atoms with E-state index in [2.05, 4.69) is 29.3 Å². The topological polar surface area (TPSA) is 12.4 Å². The van der Waals surface area contributed by atoms with Crippen LogP contribution in [0.15, 0.2) is 34.2 Å². The Kier molecular flexibility index (Phi) is 1.47. The lowest BCUT2D eigenvalue weighted by Crippen LogP contribution is -1.90. The molecule has 0 N–H and O–H groups in total. The molecule has 1 aliphatic heterocycles. The fourth-order valence-corrected chi connectivity index (χ4v) is 1.68. The highest BCUT2D eigenvalue weighted by Gasteiger charge is 2.02. The van der Waals surface area contributed by atoms with Gasteiger partial charge in [0.25, 0.3) is 0 Å². The molecule has 0 amide bonds. The van der Waals surface area contributed by atoms with Crippen molar-refractivity contribution in [3.05, 3.63) is 29.8 Å². The summed E-state index contributed by atoms with van der Waals surface area (Å²) >= 11 is 1.70. The predicted molar refractivity (Wildman–Crippen MR) is 44.5 cm³/mol. The van der Waals surface area contributed by atoms with Crippen molar-refractivity contribution in [2.75, 3.05) is 0 Å². The Hall–Kier alpha value is -0.760. The van der Waals surface area contributed by atoms with Crippen molar-refractivity contribution >= 4 is 17.3 Å². The molecule has 0 fully saturated rings. The summed E-state index contributed by atoms with van der Waals surface area (Å²) in [6.07, 6.45) is 0. The lowest BCUT2D eigenvalue weighted by Gasteiger charge is -2.07. The van der Waals surface area contributed by atoms with Crippen molar-refractivity contribution in [2.45, 2.75) is 11.4 Å². The van der Waals surface area contributed by atoms with Crippen LogP contribution in [0.1, 0.15) is 5.56 Å². The molecule has 2 heteroatoms. The average molecular weight is 149 g/mol. The number of benzene rings is 1. The second kappa shape index (κ2) is 2.46. The van der Waals surface area contributed by atoms with Crippen LogP contribution in [0.4, 0.5) is 0 Å². The largest absolute Gasteiger partial charge is 0.281 e. The van der Waals surface area contributed by atoms with Crippen LogP contribution in [0, 0.1) is 0 Å². The highest BCUT2D eigenvalue weighted by Crippen LogP contribution is 2.24. The molecular formula is C8H7NS. The maximum Gasteiger partial charge on any atom is 0.0657 e. The molecule has 0 saturated carbocycles. The Morgan fingerprint density at radius 3 is 3.10 bits per heavy atom. The summed E-state index contributed by atoms with van der Waals surface area (Å²) in [6.45, 7) is 0.850. The fraction of sp³-hybridized carbons (Fsp3) is 0.125. The Labute approximate surface area is 64.2 Å².